The molecule has 0 fully saturated rings. The molecule has 0 aliphatic rings. The average molecular weight is 74.1 g/mol. The summed E-state index contributed by atoms with van der Waals surface area (Å²) < 4.78 is 0. The second kappa shape index (κ2) is 3.35. The van der Waals surface area contributed by atoms with Crippen molar-refractivity contribution in [3.8, 4) is 0 Å². The minimum Gasteiger partial charge on any atom is -0.169 e. The minimum absolute atomic E-state index is 0.934. The number of thiol groups is 1. The lowest BCUT2D eigenvalue weighted by molar-refractivity contribution is 1.20. The fraction of sp³-hybridized carbons (Fsp3) is 0.667. The molecule has 0 spiro atoms. The zero-order valence-corrected chi connectivity index (χ0v) is 3.55. The maximum atomic E-state index is 3.67. The molecule has 0 rings (SSSR count). The third-order valence-electron chi connectivity index (χ3n) is 0.158. The minimum atomic E-state index is 0.934. The first-order chi connectivity index (χ1) is 1.91. The monoisotopic (exact) mass is 74.0 g/mol. The Morgan fingerprint density at radius 1 is 2.00 bits per heavy atom. The van der Waals surface area contributed by atoms with Crippen LogP contribution in [0.1, 0.15) is 13.3 Å². The van der Waals surface area contributed by atoms with Crippen LogP contribution in [0.3, 0.4) is 0 Å². The van der Waals surface area contributed by atoms with Crippen LogP contribution >= 0.6 is 12.6 Å². The molecular formula is C3H6S. The van der Waals surface area contributed by atoms with Crippen LogP contribution in [0.5, 0.6) is 0 Å². The average Bonchev–Trinajstić information content (AvgIpc) is 1.37. The highest BCUT2D eigenvalue weighted by Crippen LogP contribution is 1.84. The Labute approximate surface area is 32.6 Å². The summed E-state index contributed by atoms with van der Waals surface area (Å²) in [4.78, 5) is 0. The summed E-state index contributed by atoms with van der Waals surface area (Å²) >= 11 is 3.67. The Kier molecular flexibility index (Phi) is 3.64. The molecule has 0 unspecified atom stereocenters. The quantitative estimate of drug-likeness (QED) is 0.446. The van der Waals surface area contributed by atoms with Gasteiger partial charge in [0.1, 0.15) is 0 Å². The van der Waals surface area contributed by atoms with Crippen LogP contribution in [0.4, 0.5) is 0 Å². The fourth-order valence-electron chi connectivity index (χ4n) is 0. The first-order valence-electron chi connectivity index (χ1n) is 1.28. The molecule has 0 saturated heterocycles. The van der Waals surface area contributed by atoms with Crippen LogP contribution in [0.2, 0.25) is 0 Å². The van der Waals surface area contributed by atoms with Crippen molar-refractivity contribution in [1.29, 1.82) is 0 Å². The van der Waals surface area contributed by atoms with Gasteiger partial charge in [-0.25, -0.2) is 0 Å². The number of rotatable bonds is 1. The number of hydrogen-bond acceptors (Lipinski definition) is 1. The van der Waals surface area contributed by atoms with E-state index in [2.05, 4.69) is 18.4 Å². The van der Waals surface area contributed by atoms with Gasteiger partial charge in [-0.1, -0.05) is 6.92 Å². The van der Waals surface area contributed by atoms with Gasteiger partial charge in [-0.05, 0) is 6.42 Å². The molecule has 0 aromatic heterocycles. The highest BCUT2D eigenvalue weighted by Gasteiger charge is 1.59. The molecule has 24 valence electrons. The van der Waals surface area contributed by atoms with Gasteiger partial charge in [-0.15, -0.1) is 0 Å². The Morgan fingerprint density at radius 3 is 2.25 bits per heavy atom. The van der Waals surface area contributed by atoms with E-state index in [4.69, 9.17) is 0 Å². The van der Waals surface area contributed by atoms with E-state index in [1.54, 1.807) is 0 Å². The molecule has 1 heteroatoms. The smallest absolute Gasteiger partial charge is 0.0443 e. The summed E-state index contributed by atoms with van der Waals surface area (Å²) in [5.41, 5.74) is 0. The second-order valence-electron chi connectivity index (χ2n) is 0.512. The zero-order valence-electron chi connectivity index (χ0n) is 2.65. The van der Waals surface area contributed by atoms with E-state index >= 15 is 0 Å². The SMILES string of the molecule is CC[C]S. The molecule has 0 amide bonds. The Bertz CT molecular complexity index is 5.25. The molecule has 0 saturated carbocycles. The largest absolute Gasteiger partial charge is 0.169 e. The van der Waals surface area contributed by atoms with E-state index in [0.717, 1.165) is 6.42 Å². The highest BCUT2D eigenvalue weighted by atomic mass is 32.1. The Morgan fingerprint density at radius 2 is 2.25 bits per heavy atom. The van der Waals surface area contributed by atoms with Crippen molar-refractivity contribution in [2.24, 2.45) is 0 Å². The topological polar surface area (TPSA) is 0 Å². The van der Waals surface area contributed by atoms with Crippen molar-refractivity contribution >= 4 is 12.6 Å². The first-order valence-corrected chi connectivity index (χ1v) is 1.73. The second-order valence-corrected chi connectivity index (χ2v) is 0.828. The van der Waals surface area contributed by atoms with Gasteiger partial charge in [0.25, 0.3) is 0 Å². The normalized spacial score (nSPS) is 7.50. The van der Waals surface area contributed by atoms with Gasteiger partial charge in [0.2, 0.25) is 0 Å². The standard InChI is InChI=1S/C3H6S/c1-2-3-4/h4H,2H2,1H3. The van der Waals surface area contributed by atoms with Crippen LogP contribution in [-0.2, 0) is 0 Å². The summed E-state index contributed by atoms with van der Waals surface area (Å²) in [6.45, 7) is 1.99. The van der Waals surface area contributed by atoms with Gasteiger partial charge >= 0.3 is 0 Å². The molecule has 0 aromatic carbocycles. The maximum Gasteiger partial charge on any atom is 0.0443 e. The summed E-state index contributed by atoms with van der Waals surface area (Å²) in [7, 11) is 0. The van der Waals surface area contributed by atoms with E-state index in [1.165, 1.54) is 0 Å². The Hall–Kier alpha value is 0.350. The lowest BCUT2D eigenvalue weighted by Gasteiger charge is -1.65. The third kappa shape index (κ3) is 2.35. The summed E-state index contributed by atoms with van der Waals surface area (Å²) in [5, 5.41) is 0. The zero-order chi connectivity index (χ0) is 3.41. The summed E-state index contributed by atoms with van der Waals surface area (Å²) in [6.07, 6.45) is 0.934. The van der Waals surface area contributed by atoms with Gasteiger partial charge in [0.15, 0.2) is 0 Å². The highest BCUT2D eigenvalue weighted by molar-refractivity contribution is 7.82. The molecule has 0 heterocycles. The predicted molar refractivity (Wildman–Crippen MR) is 22.5 cm³/mol. The summed E-state index contributed by atoms with van der Waals surface area (Å²) in [6, 6.07) is 0. The van der Waals surface area contributed by atoms with Gasteiger partial charge in [-0.2, -0.15) is 12.6 Å². The molecule has 0 bridgehead atoms. The first kappa shape index (κ1) is 4.35. The van der Waals surface area contributed by atoms with Gasteiger partial charge in [0, 0.05) is 5.75 Å². The van der Waals surface area contributed by atoms with Crippen LogP contribution < -0.4 is 0 Å². The van der Waals surface area contributed by atoms with Gasteiger partial charge in [-0.3, -0.25) is 0 Å². The van der Waals surface area contributed by atoms with Crippen molar-refractivity contribution in [3.63, 3.8) is 0 Å². The van der Waals surface area contributed by atoms with E-state index in [9.17, 15) is 0 Å². The molecule has 0 nitrogen and oxygen atoms in total. The molecule has 0 aromatic rings. The van der Waals surface area contributed by atoms with Gasteiger partial charge < -0.3 is 0 Å². The molecular weight excluding hydrogens is 68.1 g/mol. The lowest BCUT2D eigenvalue weighted by Crippen LogP contribution is -1.44. The van der Waals surface area contributed by atoms with Crippen molar-refractivity contribution < 1.29 is 0 Å². The van der Waals surface area contributed by atoms with E-state index in [1.807, 2.05) is 6.92 Å². The molecule has 0 aliphatic heterocycles. The predicted octanol–water partition coefficient (Wildman–Crippen LogP) is 1.36. The van der Waals surface area contributed by atoms with Crippen LogP contribution in [-0.4, -0.2) is 0 Å². The van der Waals surface area contributed by atoms with Crippen LogP contribution in [0.25, 0.3) is 0 Å². The number of hydrogen-bond donors (Lipinski definition) is 1. The molecule has 2 radical (unpaired) electrons. The van der Waals surface area contributed by atoms with Gasteiger partial charge in [0.05, 0.1) is 0 Å². The van der Waals surface area contributed by atoms with Crippen LogP contribution in [0, 0.1) is 5.75 Å². The molecule has 0 aliphatic carbocycles. The molecule has 0 N–H and O–H groups in total. The van der Waals surface area contributed by atoms with Crippen molar-refractivity contribution in [2.75, 3.05) is 0 Å². The third-order valence-corrected chi connectivity index (χ3v) is 0.474. The lowest BCUT2D eigenvalue weighted by atomic mass is 10.6. The van der Waals surface area contributed by atoms with Crippen molar-refractivity contribution in [1.82, 2.24) is 0 Å². The van der Waals surface area contributed by atoms with Crippen molar-refractivity contribution in [3.05, 3.63) is 5.75 Å². The van der Waals surface area contributed by atoms with E-state index in [0.29, 0.717) is 0 Å². The molecule has 4 heavy (non-hydrogen) atoms. The molecule has 0 atom stereocenters. The maximum absolute atomic E-state index is 3.67. The Balaban J connectivity index is 1.97. The fourth-order valence-corrected chi connectivity index (χ4v) is 0. The van der Waals surface area contributed by atoms with Crippen molar-refractivity contribution in [2.45, 2.75) is 13.3 Å². The van der Waals surface area contributed by atoms with Crippen LogP contribution in [0.15, 0.2) is 0 Å². The summed E-state index contributed by atoms with van der Waals surface area (Å²) in [5.74, 6) is 2.62. The van der Waals surface area contributed by atoms with E-state index < -0.39 is 0 Å². The van der Waals surface area contributed by atoms with E-state index in [-0.39, 0.29) is 0 Å².